The quantitative estimate of drug-likeness (QED) is 0.0286. The molecule has 0 aliphatic rings. The van der Waals surface area contributed by atoms with Gasteiger partial charge in [-0.2, -0.15) is 40.5 Å². The number of rotatable bonds is 19. The van der Waals surface area contributed by atoms with Crippen LogP contribution in [0, 0.1) is 0 Å². The number of aliphatic hydroxyl groups is 1. The number of azo groups is 2. The zero-order valence-electron chi connectivity index (χ0n) is 33.7. The average Bonchev–Trinajstić information content (AvgIpc) is 4.02. The lowest BCUT2D eigenvalue weighted by atomic mass is 10.2. The van der Waals surface area contributed by atoms with Crippen LogP contribution in [0.4, 0.5) is 56.0 Å². The molecule has 0 bridgehead atoms. The standard InChI is InChI=1S/C35H35Cl2N13O7S7/c1-5-49(6-2)17-9-11-19(43-45-27-23-25(36)31(63(52,53)54)59-29(23)47-61-27)21(15-17)38-33-40-34(42-35(41-33)58-14-13-51)39-22-16-18(50(7-3)8-4)10-12-20(22)44-46-28-24-26(37)32(64(55,56)57)60-30(24)48-62-28/h9-12,15-16,51H,5-8,13-14H2,1-4H3,(H,52,53,54)(H,55,56,57)(H2,38,39,40,41,42). The van der Waals surface area contributed by atoms with E-state index < -0.39 is 28.7 Å². The van der Waals surface area contributed by atoms with Gasteiger partial charge in [-0.05, 0) is 87.2 Å². The van der Waals surface area contributed by atoms with Gasteiger partial charge in [-0.25, -0.2) is 0 Å². The van der Waals surface area contributed by atoms with Gasteiger partial charge < -0.3 is 25.5 Å². The van der Waals surface area contributed by atoms with Gasteiger partial charge in [-0.1, -0.05) is 57.6 Å². The smallest absolute Gasteiger partial charge is 0.305 e. The van der Waals surface area contributed by atoms with Crippen molar-refractivity contribution in [2.45, 2.75) is 41.3 Å². The molecule has 0 spiro atoms. The molecular formula is C35H35Cl2N13O7S7. The Hall–Kier alpha value is -4.26. The number of aromatic nitrogens is 5. The summed E-state index contributed by atoms with van der Waals surface area (Å²) in [4.78, 5) is 18.8. The fourth-order valence-corrected chi connectivity index (χ4v) is 13.3. The van der Waals surface area contributed by atoms with Gasteiger partial charge in [0.25, 0.3) is 0 Å². The van der Waals surface area contributed by atoms with Gasteiger partial charge in [-0.15, -0.1) is 20.5 Å². The summed E-state index contributed by atoms with van der Waals surface area (Å²) in [6.45, 7) is 10.8. The highest BCUT2D eigenvalue weighted by atomic mass is 35.5. The van der Waals surface area contributed by atoms with Crippen LogP contribution in [-0.2, 0) is 20.2 Å². The number of benzene rings is 2. The van der Waals surface area contributed by atoms with Crippen LogP contribution in [0.3, 0.4) is 0 Å². The topological polar surface area (TPSA) is 273 Å². The van der Waals surface area contributed by atoms with Crippen LogP contribution in [0.2, 0.25) is 10.0 Å². The number of thiophene rings is 2. The first-order valence-electron chi connectivity index (χ1n) is 18.8. The van der Waals surface area contributed by atoms with E-state index in [0.717, 1.165) is 57.1 Å². The Labute approximate surface area is 396 Å². The van der Waals surface area contributed by atoms with Crippen molar-refractivity contribution >= 4 is 177 Å². The number of thioether (sulfide) groups is 1. The van der Waals surface area contributed by atoms with Crippen molar-refractivity contribution in [2.75, 3.05) is 59.0 Å². The molecule has 7 aromatic rings. The molecule has 0 amide bonds. The molecule has 5 heterocycles. The van der Waals surface area contributed by atoms with Crippen LogP contribution in [0.25, 0.3) is 20.4 Å². The molecule has 0 saturated carbocycles. The molecule has 7 rings (SSSR count). The highest BCUT2D eigenvalue weighted by molar-refractivity contribution is 7.99. The monoisotopic (exact) mass is 1040 g/mol. The van der Waals surface area contributed by atoms with Crippen LogP contribution in [0.5, 0.6) is 0 Å². The zero-order valence-corrected chi connectivity index (χ0v) is 40.9. The lowest BCUT2D eigenvalue weighted by molar-refractivity contribution is 0.322. The number of nitrogens with one attached hydrogen (secondary N) is 2. The van der Waals surface area contributed by atoms with Crippen molar-refractivity contribution < 1.29 is 31.0 Å². The summed E-state index contributed by atoms with van der Waals surface area (Å²) in [6.07, 6.45) is 0. The molecule has 0 aliphatic heterocycles. The minimum atomic E-state index is -4.59. The van der Waals surface area contributed by atoms with E-state index in [1.54, 1.807) is 12.1 Å². The Balaban J connectivity index is 1.28. The summed E-state index contributed by atoms with van der Waals surface area (Å²) in [6, 6.07) is 11.0. The number of aliphatic hydroxyl groups excluding tert-OH is 1. The van der Waals surface area contributed by atoms with Crippen LogP contribution in [0.15, 0.2) is 70.4 Å². The van der Waals surface area contributed by atoms with Gasteiger partial charge in [0.2, 0.25) is 11.9 Å². The number of halogens is 2. The van der Waals surface area contributed by atoms with Gasteiger partial charge in [0, 0.05) is 43.3 Å². The van der Waals surface area contributed by atoms with Crippen molar-refractivity contribution in [3.05, 3.63) is 46.4 Å². The van der Waals surface area contributed by atoms with E-state index in [2.05, 4.69) is 59.6 Å². The molecule has 0 atom stereocenters. The minimum Gasteiger partial charge on any atom is -0.396 e. The van der Waals surface area contributed by atoms with E-state index in [9.17, 15) is 31.0 Å². The molecule has 0 radical (unpaired) electrons. The van der Waals surface area contributed by atoms with Crippen molar-refractivity contribution in [3.8, 4) is 0 Å². The minimum absolute atomic E-state index is 0.0989. The summed E-state index contributed by atoms with van der Waals surface area (Å²) >= 11 is 17.3. The highest BCUT2D eigenvalue weighted by Gasteiger charge is 2.27. The maximum atomic E-state index is 11.9. The van der Waals surface area contributed by atoms with E-state index in [0.29, 0.717) is 48.9 Å². The largest absolute Gasteiger partial charge is 0.396 e. The third-order valence-electron chi connectivity index (χ3n) is 9.08. The second kappa shape index (κ2) is 20.1. The number of anilines is 6. The van der Waals surface area contributed by atoms with Gasteiger partial charge in [0.15, 0.2) is 23.6 Å². The van der Waals surface area contributed by atoms with E-state index in [1.807, 2.05) is 52.0 Å². The van der Waals surface area contributed by atoms with Crippen molar-refractivity contribution in [1.82, 2.24) is 23.7 Å². The molecule has 64 heavy (non-hydrogen) atoms. The molecule has 29 heteroatoms. The predicted octanol–water partition coefficient (Wildman–Crippen LogP) is 11.1. The molecule has 0 fully saturated rings. The third-order valence-corrected chi connectivity index (χ3v) is 17.7. The first-order valence-corrected chi connectivity index (χ1v) is 26.6. The highest BCUT2D eigenvalue weighted by Crippen LogP contribution is 2.47. The molecule has 0 aliphatic carbocycles. The summed E-state index contributed by atoms with van der Waals surface area (Å²) < 4.78 is 74.7. The molecule has 0 unspecified atom stereocenters. The number of nitrogens with zero attached hydrogens (tertiary/aromatic N) is 11. The summed E-state index contributed by atoms with van der Waals surface area (Å²) in [7, 11) is -9.19. The maximum absolute atomic E-state index is 11.9. The van der Waals surface area contributed by atoms with E-state index >= 15 is 0 Å². The van der Waals surface area contributed by atoms with Crippen LogP contribution in [-0.4, -0.2) is 93.3 Å². The SMILES string of the molecule is CCN(CC)c1ccc(N=Nc2snc3sc(S(=O)(=O)O)c(Cl)c23)c(Nc2nc(Nc3cc(N(CC)CC)ccc3N=Nc3snc4sc(S(=O)(=O)O)c(Cl)c34)nc(SCCO)n2)c1. The van der Waals surface area contributed by atoms with Gasteiger partial charge in [-0.3, -0.25) is 9.11 Å². The Morgan fingerprint density at radius 3 is 1.47 bits per heavy atom. The van der Waals surface area contributed by atoms with Gasteiger partial charge in [0.05, 0.1) is 38.8 Å². The van der Waals surface area contributed by atoms with Gasteiger partial charge >= 0.3 is 20.2 Å². The lowest BCUT2D eigenvalue weighted by Gasteiger charge is -2.22. The summed E-state index contributed by atoms with van der Waals surface area (Å²) in [5.41, 5.74) is 3.28. The molecule has 5 N–H and O–H groups in total. The molecule has 0 saturated heterocycles. The van der Waals surface area contributed by atoms with Gasteiger partial charge in [0.1, 0.15) is 21.0 Å². The zero-order chi connectivity index (χ0) is 45.9. The van der Waals surface area contributed by atoms with Crippen LogP contribution in [0.1, 0.15) is 27.7 Å². The first-order chi connectivity index (χ1) is 30.6. The third kappa shape index (κ3) is 10.4. The van der Waals surface area contributed by atoms with Crippen molar-refractivity contribution in [2.24, 2.45) is 20.5 Å². The fourth-order valence-electron chi connectivity index (χ4n) is 6.09. The number of hydrogen-bond donors (Lipinski definition) is 5. The van der Waals surface area contributed by atoms with Crippen LogP contribution >= 0.6 is 80.7 Å². The van der Waals surface area contributed by atoms with E-state index in [-0.39, 0.29) is 69.9 Å². The Morgan fingerprint density at radius 2 is 1.09 bits per heavy atom. The molecule has 20 nitrogen and oxygen atoms in total. The predicted molar refractivity (Wildman–Crippen MR) is 257 cm³/mol. The number of hydrogen-bond acceptors (Lipinski definition) is 23. The fraction of sp³-hybridized carbons (Fsp3) is 0.286. The molecular weight excluding hydrogens is 1010 g/mol. The van der Waals surface area contributed by atoms with Crippen LogP contribution < -0.4 is 20.4 Å². The second-order valence-electron chi connectivity index (χ2n) is 12.9. The number of fused-ring (bicyclic) bond motifs is 2. The maximum Gasteiger partial charge on any atom is 0.305 e. The van der Waals surface area contributed by atoms with Crippen molar-refractivity contribution in [3.63, 3.8) is 0 Å². The Bertz CT molecular complexity index is 2930. The molecule has 2 aromatic carbocycles. The molecule has 5 aromatic heterocycles. The van der Waals surface area contributed by atoms with E-state index in [1.165, 1.54) is 11.8 Å². The summed E-state index contributed by atoms with van der Waals surface area (Å²) in [5, 5.41) is 34.8. The first kappa shape index (κ1) is 47.7. The summed E-state index contributed by atoms with van der Waals surface area (Å²) in [5.74, 6) is 0.474. The van der Waals surface area contributed by atoms with Crippen molar-refractivity contribution in [1.29, 1.82) is 0 Å². The average molecular weight is 1050 g/mol. The Morgan fingerprint density at radius 1 is 0.672 bits per heavy atom. The lowest BCUT2D eigenvalue weighted by Crippen LogP contribution is -2.21. The second-order valence-corrected chi connectivity index (χ2v) is 21.5. The normalized spacial score (nSPS) is 12.4. The van der Waals surface area contributed by atoms with E-state index in [4.69, 9.17) is 28.2 Å². The Kier molecular flexibility index (Phi) is 15.0. The molecule has 338 valence electrons.